The third-order valence-corrected chi connectivity index (χ3v) is 2.39. The van der Waals surface area contributed by atoms with E-state index in [1.165, 1.54) is 0 Å². The van der Waals surface area contributed by atoms with Crippen LogP contribution in [0.5, 0.6) is 0 Å². The summed E-state index contributed by atoms with van der Waals surface area (Å²) in [6, 6.07) is 5.10. The van der Waals surface area contributed by atoms with Gasteiger partial charge in [-0.3, -0.25) is 4.79 Å². The molecule has 0 aliphatic carbocycles. The molecule has 1 heterocycles. The van der Waals surface area contributed by atoms with Gasteiger partial charge in [0.2, 0.25) is 5.91 Å². The van der Waals surface area contributed by atoms with E-state index in [0.717, 1.165) is 0 Å². The highest BCUT2D eigenvalue weighted by Gasteiger charge is 2.14. The van der Waals surface area contributed by atoms with Crippen LogP contribution in [-0.2, 0) is 4.79 Å². The van der Waals surface area contributed by atoms with Crippen molar-refractivity contribution in [1.82, 2.24) is 10.3 Å². The number of nitrogens with one attached hydrogen (secondary N) is 2. The van der Waals surface area contributed by atoms with Crippen LogP contribution in [0.4, 0.5) is 11.7 Å². The Morgan fingerprint density at radius 2 is 2.29 bits per heavy atom. The van der Waals surface area contributed by atoms with E-state index in [-0.39, 0.29) is 5.91 Å². The summed E-state index contributed by atoms with van der Waals surface area (Å²) in [7, 11) is 1.58. The molecule has 4 N–H and O–H groups in total. The normalized spacial score (nSPS) is 12.4. The van der Waals surface area contributed by atoms with Crippen molar-refractivity contribution in [2.45, 2.75) is 13.0 Å². The number of carbonyl (C=O) groups excluding carboxylic acids is 1. The molecule has 1 aromatic heterocycles. The number of nitrogens with two attached hydrogens (primary N) is 1. The fourth-order valence-electron chi connectivity index (χ4n) is 1.47. The number of hydrogen-bond acceptors (Lipinski definition) is 5. The Labute approximate surface area is 98.2 Å². The lowest BCUT2D eigenvalue weighted by Crippen LogP contribution is -2.35. The summed E-state index contributed by atoms with van der Waals surface area (Å²) in [5.41, 5.74) is 7.54. The Kier molecular flexibility index (Phi) is 2.86. The van der Waals surface area contributed by atoms with E-state index in [4.69, 9.17) is 10.2 Å². The molecule has 0 fully saturated rings. The second-order valence-corrected chi connectivity index (χ2v) is 3.73. The lowest BCUT2D eigenvalue weighted by molar-refractivity contribution is -0.121. The van der Waals surface area contributed by atoms with Crippen molar-refractivity contribution in [2.24, 2.45) is 0 Å². The summed E-state index contributed by atoms with van der Waals surface area (Å²) in [5.74, 6) is -0.133. The van der Waals surface area contributed by atoms with Crippen molar-refractivity contribution < 1.29 is 9.21 Å². The zero-order valence-corrected chi connectivity index (χ0v) is 9.65. The van der Waals surface area contributed by atoms with Crippen LogP contribution in [0.3, 0.4) is 0 Å². The van der Waals surface area contributed by atoms with Gasteiger partial charge in [-0.15, -0.1) is 0 Å². The van der Waals surface area contributed by atoms with Gasteiger partial charge in [0.25, 0.3) is 6.01 Å². The Balaban J connectivity index is 2.22. The average Bonchev–Trinajstić information content (AvgIpc) is 2.69. The van der Waals surface area contributed by atoms with Gasteiger partial charge in [0.1, 0.15) is 11.6 Å². The molecular weight excluding hydrogens is 220 g/mol. The lowest BCUT2D eigenvalue weighted by Gasteiger charge is -2.09. The van der Waals surface area contributed by atoms with Gasteiger partial charge < -0.3 is 20.8 Å². The fourth-order valence-corrected chi connectivity index (χ4v) is 1.47. The zero-order chi connectivity index (χ0) is 12.4. The molecule has 1 unspecified atom stereocenters. The molecule has 1 aromatic carbocycles. The van der Waals surface area contributed by atoms with Crippen LogP contribution in [0.25, 0.3) is 11.1 Å². The number of nitrogens with zero attached hydrogens (tertiary/aromatic N) is 1. The van der Waals surface area contributed by atoms with Gasteiger partial charge in [-0.05, 0) is 19.1 Å². The fraction of sp³-hybridized carbons (Fsp3) is 0.273. The summed E-state index contributed by atoms with van der Waals surface area (Å²) < 4.78 is 5.43. The minimum Gasteiger partial charge on any atom is -0.423 e. The maximum Gasteiger partial charge on any atom is 0.296 e. The van der Waals surface area contributed by atoms with Crippen LogP contribution >= 0.6 is 0 Å². The van der Waals surface area contributed by atoms with Crippen molar-refractivity contribution in [2.75, 3.05) is 18.1 Å². The quantitative estimate of drug-likeness (QED) is 0.688. The first-order chi connectivity index (χ1) is 8.10. The average molecular weight is 234 g/mol. The zero-order valence-electron chi connectivity index (χ0n) is 9.65. The van der Waals surface area contributed by atoms with E-state index < -0.39 is 6.04 Å². The molecule has 1 atom stereocenters. The molecule has 2 aromatic rings. The van der Waals surface area contributed by atoms with E-state index in [9.17, 15) is 4.79 Å². The predicted octanol–water partition coefficient (Wildman–Crippen LogP) is 0.956. The van der Waals surface area contributed by atoms with E-state index in [2.05, 4.69) is 15.6 Å². The third kappa shape index (κ3) is 2.30. The number of nitrogen functional groups attached to an aromatic ring is 1. The van der Waals surface area contributed by atoms with Gasteiger partial charge in [0, 0.05) is 18.8 Å². The number of amides is 1. The molecule has 2 rings (SSSR count). The van der Waals surface area contributed by atoms with Gasteiger partial charge in [-0.2, -0.15) is 4.98 Å². The van der Waals surface area contributed by atoms with E-state index in [1.807, 2.05) is 0 Å². The molecule has 0 radical (unpaired) electrons. The number of anilines is 2. The van der Waals surface area contributed by atoms with Gasteiger partial charge in [-0.25, -0.2) is 0 Å². The van der Waals surface area contributed by atoms with Gasteiger partial charge >= 0.3 is 0 Å². The first kappa shape index (κ1) is 11.3. The number of rotatable bonds is 3. The minimum atomic E-state index is -0.412. The maximum absolute atomic E-state index is 11.3. The van der Waals surface area contributed by atoms with Gasteiger partial charge in [0.15, 0.2) is 5.58 Å². The highest BCUT2D eigenvalue weighted by molar-refractivity contribution is 5.84. The number of fused-ring (bicyclic) bond motifs is 1. The number of benzene rings is 1. The number of likely N-dealkylation sites (N-methyl/N-ethyl adjacent to an activating group) is 1. The highest BCUT2D eigenvalue weighted by atomic mass is 16.4. The Bertz CT molecular complexity index is 549. The molecule has 0 saturated carbocycles. The maximum atomic E-state index is 11.3. The van der Waals surface area contributed by atoms with Gasteiger partial charge in [0.05, 0.1) is 0 Å². The number of carbonyl (C=O) groups is 1. The SMILES string of the molecule is CNC(=O)C(C)Nc1nc2ccc(N)cc2o1. The van der Waals surface area contributed by atoms with E-state index in [1.54, 1.807) is 32.2 Å². The standard InChI is InChI=1S/C11H14N4O2/c1-6(10(16)13-2)14-11-15-8-4-3-7(12)5-9(8)17-11/h3-6H,12H2,1-2H3,(H,13,16)(H,14,15). The first-order valence-electron chi connectivity index (χ1n) is 5.24. The molecule has 90 valence electrons. The summed E-state index contributed by atoms with van der Waals surface area (Å²) in [4.78, 5) is 15.5. The van der Waals surface area contributed by atoms with Crippen molar-refractivity contribution in [3.05, 3.63) is 18.2 Å². The van der Waals surface area contributed by atoms with Crippen LogP contribution in [0.2, 0.25) is 0 Å². The van der Waals surface area contributed by atoms with E-state index >= 15 is 0 Å². The lowest BCUT2D eigenvalue weighted by atomic mass is 10.3. The first-order valence-corrected chi connectivity index (χ1v) is 5.24. The topological polar surface area (TPSA) is 93.2 Å². The summed E-state index contributed by atoms with van der Waals surface area (Å²) >= 11 is 0. The van der Waals surface area contributed by atoms with Crippen molar-refractivity contribution in [1.29, 1.82) is 0 Å². The summed E-state index contributed by atoms with van der Waals surface area (Å²) in [6.07, 6.45) is 0. The van der Waals surface area contributed by atoms with Crippen LogP contribution < -0.4 is 16.4 Å². The van der Waals surface area contributed by atoms with Crippen LogP contribution in [0.1, 0.15) is 6.92 Å². The summed E-state index contributed by atoms with van der Waals surface area (Å²) in [6.45, 7) is 1.72. The summed E-state index contributed by atoms with van der Waals surface area (Å²) in [5, 5.41) is 5.41. The van der Waals surface area contributed by atoms with Crippen LogP contribution in [0, 0.1) is 0 Å². The number of aromatic nitrogens is 1. The molecule has 0 spiro atoms. The predicted molar refractivity (Wildman–Crippen MR) is 65.6 cm³/mol. The van der Waals surface area contributed by atoms with Crippen molar-refractivity contribution in [3.63, 3.8) is 0 Å². The Morgan fingerprint density at radius 3 is 3.00 bits per heavy atom. The largest absolute Gasteiger partial charge is 0.423 e. The monoisotopic (exact) mass is 234 g/mol. The van der Waals surface area contributed by atoms with E-state index in [0.29, 0.717) is 22.8 Å². The third-order valence-electron chi connectivity index (χ3n) is 2.39. The molecule has 0 aliphatic rings. The van der Waals surface area contributed by atoms with Crippen molar-refractivity contribution in [3.8, 4) is 0 Å². The molecular formula is C11H14N4O2. The van der Waals surface area contributed by atoms with Crippen LogP contribution in [-0.4, -0.2) is 24.0 Å². The highest BCUT2D eigenvalue weighted by Crippen LogP contribution is 2.21. The molecule has 17 heavy (non-hydrogen) atoms. The number of oxazole rings is 1. The molecule has 0 aliphatic heterocycles. The molecule has 0 bridgehead atoms. The molecule has 6 nitrogen and oxygen atoms in total. The van der Waals surface area contributed by atoms with Crippen LogP contribution in [0.15, 0.2) is 22.6 Å². The van der Waals surface area contributed by atoms with Crippen molar-refractivity contribution >= 4 is 28.7 Å². The molecule has 1 amide bonds. The Morgan fingerprint density at radius 1 is 1.53 bits per heavy atom. The Hall–Kier alpha value is -2.24. The smallest absolute Gasteiger partial charge is 0.296 e. The minimum absolute atomic E-state index is 0.133. The molecule has 6 heteroatoms. The van der Waals surface area contributed by atoms with Gasteiger partial charge in [-0.1, -0.05) is 0 Å². The number of hydrogen-bond donors (Lipinski definition) is 3. The molecule has 0 saturated heterocycles. The second-order valence-electron chi connectivity index (χ2n) is 3.73. The second kappa shape index (κ2) is 4.32.